The number of carbonyl (C=O) groups is 4. The minimum absolute atomic E-state index is 0.0923. The fraction of sp³-hybridized carbons (Fsp3) is 0.367. The molecular formula is C30H38N6O4. The smallest absolute Gasteiger partial charge is 0.251 e. The van der Waals surface area contributed by atoms with E-state index < -0.39 is 23.9 Å². The van der Waals surface area contributed by atoms with Crippen LogP contribution in [0.15, 0.2) is 72.5 Å². The number of aromatic nitrogens is 1. The SMILES string of the molecule is C=C/C(C(=O)NC(CCC=O)C(N)=O)=C(/C)[C@@H](C)NC(=O)Cc1cccc(N2CCN(c3ccccn3)CC2)c1. The van der Waals surface area contributed by atoms with Crippen molar-refractivity contribution in [3.05, 3.63) is 78.0 Å². The average Bonchev–Trinajstić information content (AvgIpc) is 2.96. The van der Waals surface area contributed by atoms with Crippen molar-refractivity contribution in [3.63, 3.8) is 0 Å². The van der Waals surface area contributed by atoms with Gasteiger partial charge in [-0.15, -0.1) is 0 Å². The van der Waals surface area contributed by atoms with Crippen LogP contribution in [0.5, 0.6) is 0 Å². The first kappa shape index (κ1) is 30.1. The molecular weight excluding hydrogens is 508 g/mol. The molecule has 0 spiro atoms. The maximum atomic E-state index is 12.9. The molecule has 1 aliphatic heterocycles. The highest BCUT2D eigenvalue weighted by molar-refractivity contribution is 5.99. The summed E-state index contributed by atoms with van der Waals surface area (Å²) < 4.78 is 0. The molecule has 1 unspecified atom stereocenters. The van der Waals surface area contributed by atoms with Crippen LogP contribution in [-0.4, -0.2) is 67.3 Å². The van der Waals surface area contributed by atoms with Gasteiger partial charge in [0, 0.05) is 56.1 Å². The molecule has 1 aromatic carbocycles. The van der Waals surface area contributed by atoms with E-state index in [1.807, 2.05) is 36.4 Å². The lowest BCUT2D eigenvalue weighted by Gasteiger charge is -2.36. The van der Waals surface area contributed by atoms with Crippen LogP contribution in [0, 0.1) is 0 Å². The Morgan fingerprint density at radius 3 is 2.42 bits per heavy atom. The summed E-state index contributed by atoms with van der Waals surface area (Å²) in [7, 11) is 0. The minimum Gasteiger partial charge on any atom is -0.368 e. The number of piperazine rings is 1. The lowest BCUT2D eigenvalue weighted by molar-refractivity contribution is -0.125. The summed E-state index contributed by atoms with van der Waals surface area (Å²) in [5.74, 6) is -0.475. The van der Waals surface area contributed by atoms with Crippen LogP contribution in [-0.2, 0) is 25.6 Å². The topological polar surface area (TPSA) is 138 Å². The van der Waals surface area contributed by atoms with E-state index in [1.165, 1.54) is 6.08 Å². The summed E-state index contributed by atoms with van der Waals surface area (Å²) >= 11 is 0. The van der Waals surface area contributed by atoms with Gasteiger partial charge in [0.15, 0.2) is 0 Å². The number of nitrogens with two attached hydrogens (primary N) is 1. The monoisotopic (exact) mass is 546 g/mol. The van der Waals surface area contributed by atoms with Crippen molar-refractivity contribution in [3.8, 4) is 0 Å². The zero-order chi connectivity index (χ0) is 29.1. The molecule has 4 N–H and O–H groups in total. The Labute approximate surface area is 235 Å². The van der Waals surface area contributed by atoms with E-state index in [0.717, 1.165) is 43.2 Å². The molecule has 1 saturated heterocycles. The van der Waals surface area contributed by atoms with E-state index in [2.05, 4.69) is 38.1 Å². The van der Waals surface area contributed by atoms with E-state index in [-0.39, 0.29) is 30.7 Å². The van der Waals surface area contributed by atoms with Gasteiger partial charge in [0.25, 0.3) is 5.91 Å². The first-order chi connectivity index (χ1) is 19.2. The number of rotatable bonds is 13. The first-order valence-electron chi connectivity index (χ1n) is 13.4. The van der Waals surface area contributed by atoms with Crippen molar-refractivity contribution in [2.24, 2.45) is 5.73 Å². The van der Waals surface area contributed by atoms with Crippen LogP contribution < -0.4 is 26.2 Å². The van der Waals surface area contributed by atoms with Crippen molar-refractivity contribution >= 4 is 35.5 Å². The fourth-order valence-electron chi connectivity index (χ4n) is 4.61. The summed E-state index contributed by atoms with van der Waals surface area (Å²) in [4.78, 5) is 57.0. The van der Waals surface area contributed by atoms with E-state index in [4.69, 9.17) is 5.73 Å². The van der Waals surface area contributed by atoms with Crippen LogP contribution in [0.1, 0.15) is 32.3 Å². The van der Waals surface area contributed by atoms with E-state index in [1.54, 1.807) is 20.0 Å². The van der Waals surface area contributed by atoms with Crippen LogP contribution >= 0.6 is 0 Å². The number of anilines is 2. The maximum absolute atomic E-state index is 12.9. The number of aldehydes is 1. The largest absolute Gasteiger partial charge is 0.368 e. The van der Waals surface area contributed by atoms with Gasteiger partial charge in [0.2, 0.25) is 11.8 Å². The van der Waals surface area contributed by atoms with Gasteiger partial charge in [-0.2, -0.15) is 0 Å². The summed E-state index contributed by atoms with van der Waals surface area (Å²) in [5.41, 5.74) is 8.13. The molecule has 0 saturated carbocycles. The molecule has 40 heavy (non-hydrogen) atoms. The van der Waals surface area contributed by atoms with E-state index in [9.17, 15) is 19.2 Å². The second-order valence-electron chi connectivity index (χ2n) is 9.77. The van der Waals surface area contributed by atoms with Gasteiger partial charge in [-0.3, -0.25) is 14.4 Å². The number of nitrogens with one attached hydrogen (secondary N) is 2. The van der Waals surface area contributed by atoms with Gasteiger partial charge >= 0.3 is 0 Å². The van der Waals surface area contributed by atoms with Gasteiger partial charge in [-0.1, -0.05) is 30.9 Å². The first-order valence-corrected chi connectivity index (χ1v) is 13.4. The quantitative estimate of drug-likeness (QED) is 0.198. The molecule has 3 rings (SSSR count). The Balaban J connectivity index is 1.58. The summed E-state index contributed by atoms with van der Waals surface area (Å²) in [6.07, 6.45) is 4.23. The standard InChI is InChI=1S/C30H38N6O4/c1-4-25(30(40)34-26(29(31)39)11-8-18-37)21(2)22(3)33-28(38)20-23-9-7-10-24(19-23)35-14-16-36(17-15-35)27-12-5-6-13-32-27/h4-7,9-10,12-13,18-19,22,26H,1,8,11,14-17,20H2,2-3H3,(H2,31,39)(H,33,38)(H,34,40)/b25-21+/t22-,26?/m1/s1. The lowest BCUT2D eigenvalue weighted by atomic mass is 10.0. The van der Waals surface area contributed by atoms with E-state index >= 15 is 0 Å². The number of hydrogen-bond donors (Lipinski definition) is 3. The molecule has 0 bridgehead atoms. The van der Waals surface area contributed by atoms with Crippen molar-refractivity contribution < 1.29 is 19.2 Å². The molecule has 2 heterocycles. The lowest BCUT2D eigenvalue weighted by Crippen LogP contribution is -2.46. The highest BCUT2D eigenvalue weighted by Gasteiger charge is 2.22. The molecule has 3 amide bonds. The van der Waals surface area contributed by atoms with Crippen LogP contribution in [0.25, 0.3) is 0 Å². The van der Waals surface area contributed by atoms with Crippen molar-refractivity contribution in [1.29, 1.82) is 0 Å². The maximum Gasteiger partial charge on any atom is 0.251 e. The Morgan fingerprint density at radius 1 is 1.07 bits per heavy atom. The van der Waals surface area contributed by atoms with Gasteiger partial charge in [0.1, 0.15) is 18.1 Å². The number of primary amides is 1. The van der Waals surface area contributed by atoms with Crippen molar-refractivity contribution in [1.82, 2.24) is 15.6 Å². The van der Waals surface area contributed by atoms with Crippen LogP contribution in [0.4, 0.5) is 11.5 Å². The zero-order valence-electron chi connectivity index (χ0n) is 23.1. The Hall–Kier alpha value is -4.47. The molecule has 212 valence electrons. The van der Waals surface area contributed by atoms with Gasteiger partial charge in [0.05, 0.1) is 6.42 Å². The molecule has 1 aromatic heterocycles. The highest BCUT2D eigenvalue weighted by Crippen LogP contribution is 2.21. The second kappa shape index (κ2) is 14.6. The highest BCUT2D eigenvalue weighted by atomic mass is 16.2. The molecule has 1 fully saturated rings. The summed E-state index contributed by atoms with van der Waals surface area (Å²) in [5, 5.41) is 5.50. The van der Waals surface area contributed by atoms with Crippen LogP contribution in [0.2, 0.25) is 0 Å². The third kappa shape index (κ3) is 8.26. The second-order valence-corrected chi connectivity index (χ2v) is 9.77. The summed E-state index contributed by atoms with van der Waals surface area (Å²) in [6.45, 7) is 10.6. The number of nitrogens with zero attached hydrogens (tertiary/aromatic N) is 3. The third-order valence-corrected chi connectivity index (χ3v) is 7.02. The number of carbonyl (C=O) groups excluding carboxylic acids is 4. The Bertz CT molecular complexity index is 1240. The minimum atomic E-state index is -0.976. The van der Waals surface area contributed by atoms with Gasteiger partial charge in [-0.05, 0) is 55.7 Å². The fourth-order valence-corrected chi connectivity index (χ4v) is 4.61. The van der Waals surface area contributed by atoms with Crippen molar-refractivity contribution in [2.75, 3.05) is 36.0 Å². The predicted octanol–water partition coefficient (Wildman–Crippen LogP) is 1.91. The molecule has 10 heteroatoms. The molecule has 1 aliphatic rings. The van der Waals surface area contributed by atoms with Crippen molar-refractivity contribution in [2.45, 2.75) is 45.2 Å². The number of benzene rings is 1. The molecule has 2 aromatic rings. The average molecular weight is 547 g/mol. The van der Waals surface area contributed by atoms with Gasteiger partial charge < -0.3 is 31.0 Å². The Kier molecular flexibility index (Phi) is 11.0. The number of hydrogen-bond acceptors (Lipinski definition) is 7. The molecule has 2 atom stereocenters. The van der Waals surface area contributed by atoms with Gasteiger partial charge in [-0.25, -0.2) is 4.98 Å². The normalized spacial score (nSPS) is 15.3. The molecule has 0 aliphatic carbocycles. The van der Waals surface area contributed by atoms with Crippen LogP contribution in [0.3, 0.4) is 0 Å². The summed E-state index contributed by atoms with van der Waals surface area (Å²) in [6, 6.07) is 12.5. The molecule has 0 radical (unpaired) electrons. The van der Waals surface area contributed by atoms with E-state index in [0.29, 0.717) is 11.9 Å². The number of amides is 3. The zero-order valence-corrected chi connectivity index (χ0v) is 23.1. The third-order valence-electron chi connectivity index (χ3n) is 7.02. The number of pyridine rings is 1. The Morgan fingerprint density at radius 2 is 1.80 bits per heavy atom. The molecule has 10 nitrogen and oxygen atoms in total. The predicted molar refractivity (Wildman–Crippen MR) is 156 cm³/mol.